The van der Waals surface area contributed by atoms with E-state index < -0.39 is 0 Å². The van der Waals surface area contributed by atoms with Gasteiger partial charge in [0, 0.05) is 11.4 Å². The second kappa shape index (κ2) is 5.16. The molecule has 17 heavy (non-hydrogen) atoms. The van der Waals surface area contributed by atoms with E-state index in [1.165, 1.54) is 0 Å². The SMILES string of the molecule is Nc1cccc(NC(=O)Cc2ccccc2)c1. The number of amides is 1. The molecule has 0 aliphatic heterocycles. The Kier molecular flexibility index (Phi) is 3.40. The molecule has 2 rings (SSSR count). The number of carbonyl (C=O) groups is 1. The second-order valence-electron chi connectivity index (χ2n) is 3.84. The number of nitrogen functional groups attached to an aromatic ring is 1. The van der Waals surface area contributed by atoms with Gasteiger partial charge in [0.15, 0.2) is 0 Å². The van der Waals surface area contributed by atoms with E-state index in [1.807, 2.05) is 42.5 Å². The Morgan fingerprint density at radius 3 is 2.53 bits per heavy atom. The van der Waals surface area contributed by atoms with Crippen LogP contribution in [0.2, 0.25) is 0 Å². The Balaban J connectivity index is 1.98. The van der Waals surface area contributed by atoms with Crippen molar-refractivity contribution in [2.24, 2.45) is 0 Å². The summed E-state index contributed by atoms with van der Waals surface area (Å²) < 4.78 is 0. The third-order valence-electron chi connectivity index (χ3n) is 2.38. The van der Waals surface area contributed by atoms with Crippen molar-refractivity contribution in [3.8, 4) is 0 Å². The van der Waals surface area contributed by atoms with E-state index in [9.17, 15) is 4.79 Å². The third-order valence-corrected chi connectivity index (χ3v) is 2.38. The molecule has 1 amide bonds. The van der Waals surface area contributed by atoms with Crippen molar-refractivity contribution in [3.05, 3.63) is 60.2 Å². The zero-order valence-electron chi connectivity index (χ0n) is 9.39. The van der Waals surface area contributed by atoms with Gasteiger partial charge in [0.1, 0.15) is 0 Å². The molecule has 0 unspecified atom stereocenters. The van der Waals surface area contributed by atoms with Crippen LogP contribution in [0.3, 0.4) is 0 Å². The number of carbonyl (C=O) groups excluding carboxylic acids is 1. The van der Waals surface area contributed by atoms with E-state index >= 15 is 0 Å². The molecular formula is C14H14N2O. The van der Waals surface area contributed by atoms with E-state index in [1.54, 1.807) is 12.1 Å². The average molecular weight is 226 g/mol. The van der Waals surface area contributed by atoms with Crippen LogP contribution in [0.15, 0.2) is 54.6 Å². The standard InChI is InChI=1S/C14H14N2O/c15-12-7-4-8-13(10-12)16-14(17)9-11-5-2-1-3-6-11/h1-8,10H,9,15H2,(H,16,17). The van der Waals surface area contributed by atoms with Crippen LogP contribution in [0.25, 0.3) is 0 Å². The molecule has 3 heteroatoms. The van der Waals surface area contributed by atoms with Crippen molar-refractivity contribution < 1.29 is 4.79 Å². The van der Waals surface area contributed by atoms with Gasteiger partial charge in [-0.25, -0.2) is 0 Å². The van der Waals surface area contributed by atoms with Gasteiger partial charge < -0.3 is 11.1 Å². The minimum atomic E-state index is -0.0400. The summed E-state index contributed by atoms with van der Waals surface area (Å²) in [5.41, 5.74) is 8.00. The molecule has 0 aromatic heterocycles. The number of hydrogen-bond donors (Lipinski definition) is 2. The Labute approximate surface area is 100 Å². The lowest BCUT2D eigenvalue weighted by atomic mass is 10.1. The van der Waals surface area contributed by atoms with E-state index in [4.69, 9.17) is 5.73 Å². The molecular weight excluding hydrogens is 212 g/mol. The summed E-state index contributed by atoms with van der Waals surface area (Å²) in [6.45, 7) is 0. The molecule has 3 nitrogen and oxygen atoms in total. The predicted molar refractivity (Wildman–Crippen MR) is 69.6 cm³/mol. The summed E-state index contributed by atoms with van der Waals surface area (Å²) in [4.78, 5) is 11.7. The summed E-state index contributed by atoms with van der Waals surface area (Å²) >= 11 is 0. The molecule has 0 fully saturated rings. The molecule has 86 valence electrons. The summed E-state index contributed by atoms with van der Waals surface area (Å²) in [6, 6.07) is 16.8. The van der Waals surface area contributed by atoms with Gasteiger partial charge in [-0.05, 0) is 23.8 Å². The summed E-state index contributed by atoms with van der Waals surface area (Å²) in [5.74, 6) is -0.0400. The van der Waals surface area contributed by atoms with Crippen LogP contribution in [0.5, 0.6) is 0 Å². The highest BCUT2D eigenvalue weighted by Crippen LogP contribution is 2.12. The van der Waals surface area contributed by atoms with E-state index in [0.29, 0.717) is 12.1 Å². The van der Waals surface area contributed by atoms with Crippen LogP contribution in [0.4, 0.5) is 11.4 Å². The molecule has 0 heterocycles. The zero-order chi connectivity index (χ0) is 12.1. The van der Waals surface area contributed by atoms with Crippen molar-refractivity contribution in [2.75, 3.05) is 11.1 Å². The maximum Gasteiger partial charge on any atom is 0.228 e. The minimum absolute atomic E-state index is 0.0400. The number of nitrogens with two attached hydrogens (primary N) is 1. The summed E-state index contributed by atoms with van der Waals surface area (Å²) in [6.07, 6.45) is 0.371. The van der Waals surface area contributed by atoms with Gasteiger partial charge in [0.2, 0.25) is 5.91 Å². The first-order chi connectivity index (χ1) is 8.24. The molecule has 0 bridgehead atoms. The molecule has 0 radical (unpaired) electrons. The molecule has 0 saturated heterocycles. The van der Waals surface area contributed by atoms with Crippen molar-refractivity contribution in [3.63, 3.8) is 0 Å². The molecule has 0 saturated carbocycles. The number of rotatable bonds is 3. The highest BCUT2D eigenvalue weighted by molar-refractivity contribution is 5.92. The lowest BCUT2D eigenvalue weighted by Gasteiger charge is -2.05. The fourth-order valence-corrected chi connectivity index (χ4v) is 1.60. The minimum Gasteiger partial charge on any atom is -0.399 e. The second-order valence-corrected chi connectivity index (χ2v) is 3.84. The van der Waals surface area contributed by atoms with Crippen LogP contribution in [-0.2, 0) is 11.2 Å². The lowest BCUT2D eigenvalue weighted by molar-refractivity contribution is -0.115. The third kappa shape index (κ3) is 3.34. The highest BCUT2D eigenvalue weighted by atomic mass is 16.1. The zero-order valence-corrected chi connectivity index (χ0v) is 9.39. The van der Waals surface area contributed by atoms with Gasteiger partial charge in [-0.1, -0.05) is 36.4 Å². The number of nitrogens with one attached hydrogen (secondary N) is 1. The van der Waals surface area contributed by atoms with Crippen LogP contribution < -0.4 is 11.1 Å². The monoisotopic (exact) mass is 226 g/mol. The van der Waals surface area contributed by atoms with E-state index in [0.717, 1.165) is 11.3 Å². The normalized spacial score (nSPS) is 9.88. The highest BCUT2D eigenvalue weighted by Gasteiger charge is 2.03. The largest absolute Gasteiger partial charge is 0.399 e. The Bertz CT molecular complexity index is 509. The van der Waals surface area contributed by atoms with E-state index in [-0.39, 0.29) is 5.91 Å². The maximum absolute atomic E-state index is 11.7. The van der Waals surface area contributed by atoms with Gasteiger partial charge in [0.05, 0.1) is 6.42 Å². The van der Waals surface area contributed by atoms with Crippen molar-refractivity contribution >= 4 is 17.3 Å². The molecule has 0 spiro atoms. The van der Waals surface area contributed by atoms with Gasteiger partial charge in [-0.2, -0.15) is 0 Å². The maximum atomic E-state index is 11.7. The first-order valence-corrected chi connectivity index (χ1v) is 5.43. The first-order valence-electron chi connectivity index (χ1n) is 5.43. The number of benzene rings is 2. The summed E-state index contributed by atoms with van der Waals surface area (Å²) in [7, 11) is 0. The first kappa shape index (κ1) is 11.2. The smallest absolute Gasteiger partial charge is 0.228 e. The molecule has 0 atom stereocenters. The molecule has 2 aromatic carbocycles. The average Bonchev–Trinajstić information content (AvgIpc) is 2.30. The quantitative estimate of drug-likeness (QED) is 0.790. The fraction of sp³-hybridized carbons (Fsp3) is 0.0714. The van der Waals surface area contributed by atoms with Crippen molar-refractivity contribution in [1.82, 2.24) is 0 Å². The molecule has 2 aromatic rings. The summed E-state index contributed by atoms with van der Waals surface area (Å²) in [5, 5.41) is 2.81. The molecule has 0 aliphatic carbocycles. The topological polar surface area (TPSA) is 55.1 Å². The Morgan fingerprint density at radius 1 is 1.06 bits per heavy atom. The van der Waals surface area contributed by atoms with Gasteiger partial charge in [-0.15, -0.1) is 0 Å². The number of hydrogen-bond acceptors (Lipinski definition) is 2. The Hall–Kier alpha value is -2.29. The van der Waals surface area contributed by atoms with E-state index in [2.05, 4.69) is 5.32 Å². The molecule has 0 aliphatic rings. The van der Waals surface area contributed by atoms with Crippen molar-refractivity contribution in [1.29, 1.82) is 0 Å². The Morgan fingerprint density at radius 2 is 1.82 bits per heavy atom. The van der Waals surface area contributed by atoms with Crippen LogP contribution >= 0.6 is 0 Å². The van der Waals surface area contributed by atoms with Gasteiger partial charge in [-0.3, -0.25) is 4.79 Å². The van der Waals surface area contributed by atoms with Crippen LogP contribution in [0.1, 0.15) is 5.56 Å². The van der Waals surface area contributed by atoms with Crippen LogP contribution in [0, 0.1) is 0 Å². The van der Waals surface area contributed by atoms with Gasteiger partial charge in [0.25, 0.3) is 0 Å². The molecule has 3 N–H and O–H groups in total. The van der Waals surface area contributed by atoms with Gasteiger partial charge >= 0.3 is 0 Å². The fourth-order valence-electron chi connectivity index (χ4n) is 1.60. The number of anilines is 2. The predicted octanol–water partition coefficient (Wildman–Crippen LogP) is 2.45. The van der Waals surface area contributed by atoms with Crippen molar-refractivity contribution in [2.45, 2.75) is 6.42 Å². The lowest BCUT2D eigenvalue weighted by Crippen LogP contribution is -2.14. The van der Waals surface area contributed by atoms with Crippen LogP contribution in [-0.4, -0.2) is 5.91 Å².